The van der Waals surface area contributed by atoms with E-state index in [1.807, 2.05) is 0 Å². The molecule has 2 rings (SSSR count). The SMILES string of the molecule is Fc1cc([C@H]2CO2)cc(C(F)(F)F)c1. The molecule has 1 aliphatic heterocycles. The first-order valence-electron chi connectivity index (χ1n) is 3.96. The Morgan fingerprint density at radius 3 is 2.36 bits per heavy atom. The molecule has 1 atom stereocenters. The standard InChI is InChI=1S/C9H6F4O/c10-7-2-5(8-4-14-8)1-6(3-7)9(11,12)13/h1-3,8H,4H2/t8-/m1/s1. The van der Waals surface area contributed by atoms with Crippen LogP contribution >= 0.6 is 0 Å². The smallest absolute Gasteiger partial charge is 0.368 e. The molecule has 5 heteroatoms. The summed E-state index contributed by atoms with van der Waals surface area (Å²) in [6.07, 6.45) is -4.88. The second-order valence-corrected chi connectivity index (χ2v) is 3.09. The first kappa shape index (κ1) is 9.45. The molecular weight excluding hydrogens is 200 g/mol. The minimum absolute atomic E-state index is 0.248. The van der Waals surface area contributed by atoms with E-state index in [0.717, 1.165) is 12.1 Å². The van der Waals surface area contributed by atoms with Gasteiger partial charge in [-0.3, -0.25) is 0 Å². The van der Waals surface area contributed by atoms with Crippen molar-refractivity contribution in [1.29, 1.82) is 0 Å². The van der Waals surface area contributed by atoms with E-state index in [4.69, 9.17) is 4.74 Å². The zero-order valence-corrected chi connectivity index (χ0v) is 6.94. The van der Waals surface area contributed by atoms with Crippen LogP contribution in [0.15, 0.2) is 18.2 Å². The molecule has 0 amide bonds. The Bertz CT molecular complexity index is 354. The number of epoxide rings is 1. The van der Waals surface area contributed by atoms with E-state index in [1.165, 1.54) is 0 Å². The number of hydrogen-bond donors (Lipinski definition) is 0. The van der Waals surface area contributed by atoms with E-state index in [1.54, 1.807) is 0 Å². The summed E-state index contributed by atoms with van der Waals surface area (Å²) in [5.74, 6) is -0.884. The molecule has 1 fully saturated rings. The summed E-state index contributed by atoms with van der Waals surface area (Å²) in [5.41, 5.74) is -0.722. The van der Waals surface area contributed by atoms with E-state index in [0.29, 0.717) is 12.7 Å². The average Bonchev–Trinajstić information content (AvgIpc) is 2.83. The van der Waals surface area contributed by atoms with Crippen molar-refractivity contribution in [3.8, 4) is 0 Å². The summed E-state index contributed by atoms with van der Waals surface area (Å²) in [5, 5.41) is 0. The van der Waals surface area contributed by atoms with Gasteiger partial charge in [0.15, 0.2) is 0 Å². The zero-order chi connectivity index (χ0) is 10.3. The molecule has 14 heavy (non-hydrogen) atoms. The fourth-order valence-corrected chi connectivity index (χ4v) is 1.20. The quantitative estimate of drug-likeness (QED) is 0.508. The number of alkyl halides is 3. The van der Waals surface area contributed by atoms with Crippen LogP contribution in [0.2, 0.25) is 0 Å². The van der Waals surface area contributed by atoms with Crippen molar-refractivity contribution in [2.75, 3.05) is 6.61 Å². The maximum atomic E-state index is 12.8. The van der Waals surface area contributed by atoms with Crippen LogP contribution in [-0.4, -0.2) is 6.61 Å². The second-order valence-electron chi connectivity index (χ2n) is 3.09. The van der Waals surface area contributed by atoms with Gasteiger partial charge in [-0.1, -0.05) is 0 Å². The van der Waals surface area contributed by atoms with Crippen LogP contribution in [0.4, 0.5) is 17.6 Å². The minimum atomic E-state index is -4.51. The van der Waals surface area contributed by atoms with Crippen LogP contribution in [0.5, 0.6) is 0 Å². The molecule has 0 aliphatic carbocycles. The minimum Gasteiger partial charge on any atom is -0.368 e. The number of benzene rings is 1. The third-order valence-corrected chi connectivity index (χ3v) is 1.95. The number of rotatable bonds is 1. The van der Waals surface area contributed by atoms with Gasteiger partial charge in [0, 0.05) is 0 Å². The normalized spacial score (nSPS) is 21.0. The van der Waals surface area contributed by atoms with Gasteiger partial charge in [-0.05, 0) is 23.8 Å². The van der Waals surface area contributed by atoms with Crippen molar-refractivity contribution < 1.29 is 22.3 Å². The van der Waals surface area contributed by atoms with Crippen LogP contribution in [0.1, 0.15) is 17.2 Å². The van der Waals surface area contributed by atoms with Crippen molar-refractivity contribution in [1.82, 2.24) is 0 Å². The molecule has 0 aromatic heterocycles. The Morgan fingerprint density at radius 1 is 1.21 bits per heavy atom. The van der Waals surface area contributed by atoms with Gasteiger partial charge in [-0.15, -0.1) is 0 Å². The van der Waals surface area contributed by atoms with Gasteiger partial charge in [-0.2, -0.15) is 13.2 Å². The van der Waals surface area contributed by atoms with Gasteiger partial charge >= 0.3 is 6.18 Å². The van der Waals surface area contributed by atoms with E-state index in [2.05, 4.69) is 0 Å². The molecule has 0 spiro atoms. The average molecular weight is 206 g/mol. The Balaban J connectivity index is 2.41. The van der Waals surface area contributed by atoms with Gasteiger partial charge in [0.25, 0.3) is 0 Å². The molecule has 1 nitrogen and oxygen atoms in total. The highest BCUT2D eigenvalue weighted by atomic mass is 19.4. The summed E-state index contributed by atoms with van der Waals surface area (Å²) in [4.78, 5) is 0. The Morgan fingerprint density at radius 2 is 1.86 bits per heavy atom. The van der Waals surface area contributed by atoms with Gasteiger partial charge in [0.05, 0.1) is 12.2 Å². The van der Waals surface area contributed by atoms with Crippen molar-refractivity contribution in [2.24, 2.45) is 0 Å². The molecule has 1 aromatic rings. The van der Waals surface area contributed by atoms with Crippen molar-refractivity contribution in [2.45, 2.75) is 12.3 Å². The fourth-order valence-electron chi connectivity index (χ4n) is 1.20. The molecule has 0 bridgehead atoms. The first-order valence-corrected chi connectivity index (χ1v) is 3.96. The molecule has 0 unspecified atom stereocenters. The maximum absolute atomic E-state index is 12.8. The first-order chi connectivity index (χ1) is 6.47. The van der Waals surface area contributed by atoms with Crippen LogP contribution in [0.3, 0.4) is 0 Å². The molecule has 1 heterocycles. The predicted molar refractivity (Wildman–Crippen MR) is 40.1 cm³/mol. The fraction of sp³-hybridized carbons (Fsp3) is 0.333. The monoisotopic (exact) mass is 206 g/mol. The predicted octanol–water partition coefficient (Wildman–Crippen LogP) is 2.92. The van der Waals surface area contributed by atoms with Crippen LogP contribution in [0.25, 0.3) is 0 Å². The van der Waals surface area contributed by atoms with Gasteiger partial charge in [0.2, 0.25) is 0 Å². The largest absolute Gasteiger partial charge is 0.416 e. The highest BCUT2D eigenvalue weighted by molar-refractivity contribution is 5.29. The van der Waals surface area contributed by atoms with Crippen molar-refractivity contribution in [3.63, 3.8) is 0 Å². The number of ether oxygens (including phenoxy) is 1. The molecule has 76 valence electrons. The lowest BCUT2D eigenvalue weighted by Gasteiger charge is -2.07. The highest BCUT2D eigenvalue weighted by Gasteiger charge is 2.34. The van der Waals surface area contributed by atoms with E-state index >= 15 is 0 Å². The van der Waals surface area contributed by atoms with E-state index in [9.17, 15) is 17.6 Å². The van der Waals surface area contributed by atoms with Gasteiger partial charge in [-0.25, -0.2) is 4.39 Å². The second kappa shape index (κ2) is 2.95. The highest BCUT2D eigenvalue weighted by Crippen LogP contribution is 2.35. The van der Waals surface area contributed by atoms with Crippen molar-refractivity contribution >= 4 is 0 Å². The zero-order valence-electron chi connectivity index (χ0n) is 6.94. The van der Waals surface area contributed by atoms with E-state index < -0.39 is 17.6 Å². The lowest BCUT2D eigenvalue weighted by molar-refractivity contribution is -0.137. The lowest BCUT2D eigenvalue weighted by atomic mass is 10.1. The molecule has 0 N–H and O–H groups in total. The Hall–Kier alpha value is -1.10. The molecule has 1 aromatic carbocycles. The van der Waals surface area contributed by atoms with E-state index in [-0.39, 0.29) is 11.7 Å². The van der Waals surface area contributed by atoms with Gasteiger partial charge in [0.1, 0.15) is 11.9 Å². The number of halogens is 4. The molecule has 1 saturated heterocycles. The lowest BCUT2D eigenvalue weighted by Crippen LogP contribution is -2.06. The summed E-state index contributed by atoms with van der Waals surface area (Å²) in [6.45, 7) is 0.362. The summed E-state index contributed by atoms with van der Waals surface area (Å²) >= 11 is 0. The summed E-state index contributed by atoms with van der Waals surface area (Å²) in [7, 11) is 0. The maximum Gasteiger partial charge on any atom is 0.416 e. The van der Waals surface area contributed by atoms with Crippen molar-refractivity contribution in [3.05, 3.63) is 35.1 Å². The Kier molecular flexibility index (Phi) is 1.99. The molecule has 0 radical (unpaired) electrons. The third-order valence-electron chi connectivity index (χ3n) is 1.95. The molecule has 1 aliphatic rings. The van der Waals surface area contributed by atoms with Crippen LogP contribution in [-0.2, 0) is 10.9 Å². The molecule has 0 saturated carbocycles. The number of hydrogen-bond acceptors (Lipinski definition) is 1. The van der Waals surface area contributed by atoms with Crippen LogP contribution < -0.4 is 0 Å². The topological polar surface area (TPSA) is 12.5 Å². The molecular formula is C9H6F4O. The van der Waals surface area contributed by atoms with Gasteiger partial charge < -0.3 is 4.74 Å². The Labute approximate surface area is 77.3 Å². The summed E-state index contributed by atoms with van der Waals surface area (Å²) < 4.78 is 54.2. The van der Waals surface area contributed by atoms with Crippen LogP contribution in [0, 0.1) is 5.82 Å². The summed E-state index contributed by atoms with van der Waals surface area (Å²) in [6, 6.07) is 2.46. The third kappa shape index (κ3) is 1.87.